The molecular weight excluding hydrogens is 262 g/mol. The van der Waals surface area contributed by atoms with Crippen LogP contribution in [0.25, 0.3) is 11.2 Å². The third kappa shape index (κ3) is 2.01. The van der Waals surface area contributed by atoms with Crippen molar-refractivity contribution in [2.45, 2.75) is 18.9 Å². The van der Waals surface area contributed by atoms with Gasteiger partial charge in [0.1, 0.15) is 0 Å². The van der Waals surface area contributed by atoms with Crippen molar-refractivity contribution in [2.75, 3.05) is 18.5 Å². The lowest BCUT2D eigenvalue weighted by Crippen LogP contribution is -2.36. The normalized spacial score (nSPS) is 18.8. The SMILES string of the molecule is Cn1c(=O)c2[nH]c(NC[C@@H]3CCCO3)nc2n(C)c1=O. The molecule has 0 bridgehead atoms. The van der Waals surface area contributed by atoms with Crippen LogP contribution in [0.1, 0.15) is 12.8 Å². The van der Waals surface area contributed by atoms with Crippen LogP contribution >= 0.6 is 0 Å². The Morgan fingerprint density at radius 1 is 1.40 bits per heavy atom. The van der Waals surface area contributed by atoms with Crippen LogP contribution in [0.3, 0.4) is 0 Å². The highest BCUT2D eigenvalue weighted by molar-refractivity contribution is 5.72. The van der Waals surface area contributed by atoms with E-state index in [-0.39, 0.29) is 17.4 Å². The molecule has 0 saturated carbocycles. The molecule has 1 aliphatic rings. The van der Waals surface area contributed by atoms with E-state index in [4.69, 9.17) is 4.74 Å². The van der Waals surface area contributed by atoms with E-state index in [2.05, 4.69) is 15.3 Å². The Bertz CT molecular complexity index is 751. The lowest BCUT2D eigenvalue weighted by atomic mass is 10.2. The minimum absolute atomic E-state index is 0.176. The molecule has 8 heteroatoms. The summed E-state index contributed by atoms with van der Waals surface area (Å²) in [6.07, 6.45) is 2.27. The zero-order chi connectivity index (χ0) is 14.3. The summed E-state index contributed by atoms with van der Waals surface area (Å²) >= 11 is 0. The minimum Gasteiger partial charge on any atom is -0.376 e. The second-order valence-electron chi connectivity index (χ2n) is 5.01. The molecule has 1 atom stereocenters. The average Bonchev–Trinajstić information content (AvgIpc) is 3.09. The Kier molecular flexibility index (Phi) is 3.09. The first-order valence-electron chi connectivity index (χ1n) is 6.59. The predicted octanol–water partition coefficient (Wildman–Crippen LogP) is -0.449. The first-order chi connectivity index (χ1) is 9.58. The molecule has 0 radical (unpaired) electrons. The van der Waals surface area contributed by atoms with Gasteiger partial charge < -0.3 is 15.0 Å². The second-order valence-corrected chi connectivity index (χ2v) is 5.01. The maximum Gasteiger partial charge on any atom is 0.332 e. The summed E-state index contributed by atoms with van der Waals surface area (Å²) in [5, 5.41) is 3.11. The largest absolute Gasteiger partial charge is 0.376 e. The number of hydrogen-bond donors (Lipinski definition) is 2. The Hall–Kier alpha value is -2.09. The number of aromatic nitrogens is 4. The Morgan fingerprint density at radius 2 is 2.20 bits per heavy atom. The molecule has 2 aromatic rings. The van der Waals surface area contributed by atoms with Crippen LogP contribution in [0.5, 0.6) is 0 Å². The summed E-state index contributed by atoms with van der Waals surface area (Å²) in [4.78, 5) is 31.0. The Morgan fingerprint density at radius 3 is 2.90 bits per heavy atom. The number of aromatic amines is 1. The van der Waals surface area contributed by atoms with Crippen molar-refractivity contribution in [1.29, 1.82) is 0 Å². The lowest BCUT2D eigenvalue weighted by molar-refractivity contribution is 0.120. The van der Waals surface area contributed by atoms with E-state index < -0.39 is 0 Å². The number of ether oxygens (including phenoxy) is 1. The summed E-state index contributed by atoms with van der Waals surface area (Å²) in [5.74, 6) is 0.480. The van der Waals surface area contributed by atoms with E-state index in [9.17, 15) is 9.59 Å². The molecule has 0 unspecified atom stereocenters. The van der Waals surface area contributed by atoms with E-state index in [1.807, 2.05) is 0 Å². The van der Waals surface area contributed by atoms with Crippen molar-refractivity contribution >= 4 is 17.1 Å². The molecule has 3 heterocycles. The fraction of sp³-hybridized carbons (Fsp3) is 0.583. The van der Waals surface area contributed by atoms with Crippen LogP contribution in [-0.2, 0) is 18.8 Å². The summed E-state index contributed by atoms with van der Waals surface area (Å²) in [6.45, 7) is 1.43. The molecule has 3 rings (SSSR count). The van der Waals surface area contributed by atoms with Gasteiger partial charge in [-0.2, -0.15) is 4.98 Å². The fourth-order valence-electron chi connectivity index (χ4n) is 2.43. The zero-order valence-corrected chi connectivity index (χ0v) is 11.5. The molecule has 108 valence electrons. The third-order valence-electron chi connectivity index (χ3n) is 3.62. The van der Waals surface area contributed by atoms with Gasteiger partial charge in [-0.1, -0.05) is 0 Å². The maximum atomic E-state index is 12.0. The van der Waals surface area contributed by atoms with Crippen molar-refractivity contribution in [3.63, 3.8) is 0 Å². The van der Waals surface area contributed by atoms with Crippen LogP contribution in [0.4, 0.5) is 5.95 Å². The highest BCUT2D eigenvalue weighted by Gasteiger charge is 2.17. The van der Waals surface area contributed by atoms with Gasteiger partial charge in [0.25, 0.3) is 5.56 Å². The summed E-state index contributed by atoms with van der Waals surface area (Å²) in [7, 11) is 3.04. The van der Waals surface area contributed by atoms with Crippen LogP contribution in [0, 0.1) is 0 Å². The van der Waals surface area contributed by atoms with E-state index in [0.29, 0.717) is 23.7 Å². The monoisotopic (exact) mass is 279 g/mol. The average molecular weight is 279 g/mol. The van der Waals surface area contributed by atoms with E-state index in [0.717, 1.165) is 24.0 Å². The van der Waals surface area contributed by atoms with Crippen molar-refractivity contribution in [3.8, 4) is 0 Å². The number of nitrogens with zero attached hydrogens (tertiary/aromatic N) is 3. The first-order valence-corrected chi connectivity index (χ1v) is 6.59. The number of hydrogen-bond acceptors (Lipinski definition) is 5. The third-order valence-corrected chi connectivity index (χ3v) is 3.62. The number of nitrogens with one attached hydrogen (secondary N) is 2. The number of rotatable bonds is 3. The van der Waals surface area contributed by atoms with Gasteiger partial charge in [-0.05, 0) is 12.8 Å². The van der Waals surface area contributed by atoms with Gasteiger partial charge in [-0.15, -0.1) is 0 Å². The number of H-pyrrole nitrogens is 1. The molecule has 0 aromatic carbocycles. The molecule has 1 saturated heterocycles. The van der Waals surface area contributed by atoms with Crippen LogP contribution in [0.2, 0.25) is 0 Å². The second kappa shape index (κ2) is 4.78. The summed E-state index contributed by atoms with van der Waals surface area (Å²) in [5.41, 5.74) is -0.0853. The minimum atomic E-state index is -0.389. The van der Waals surface area contributed by atoms with Gasteiger partial charge in [-0.3, -0.25) is 13.9 Å². The van der Waals surface area contributed by atoms with Crippen LogP contribution < -0.4 is 16.6 Å². The Labute approximate surface area is 114 Å². The smallest absolute Gasteiger partial charge is 0.332 e. The van der Waals surface area contributed by atoms with Gasteiger partial charge in [0.15, 0.2) is 11.2 Å². The molecule has 0 aliphatic carbocycles. The standard InChI is InChI=1S/C12H17N5O3/c1-16-9-8(10(18)17(2)12(16)19)14-11(15-9)13-6-7-4-3-5-20-7/h7H,3-6H2,1-2H3,(H2,13,14,15)/t7-/m0/s1. The van der Waals surface area contributed by atoms with Crippen molar-refractivity contribution < 1.29 is 4.74 Å². The predicted molar refractivity (Wildman–Crippen MR) is 74.0 cm³/mol. The van der Waals surface area contributed by atoms with Gasteiger partial charge >= 0.3 is 5.69 Å². The molecule has 2 aromatic heterocycles. The summed E-state index contributed by atoms with van der Waals surface area (Å²) < 4.78 is 7.92. The van der Waals surface area contributed by atoms with Crippen molar-refractivity contribution in [2.24, 2.45) is 14.1 Å². The van der Waals surface area contributed by atoms with Gasteiger partial charge in [0, 0.05) is 27.2 Å². The zero-order valence-electron chi connectivity index (χ0n) is 11.5. The van der Waals surface area contributed by atoms with Crippen LogP contribution in [-0.4, -0.2) is 38.4 Å². The summed E-state index contributed by atoms with van der Waals surface area (Å²) in [6, 6.07) is 0. The van der Waals surface area contributed by atoms with Crippen molar-refractivity contribution in [3.05, 3.63) is 20.8 Å². The highest BCUT2D eigenvalue weighted by atomic mass is 16.5. The molecule has 1 aliphatic heterocycles. The van der Waals surface area contributed by atoms with E-state index in [1.54, 1.807) is 7.05 Å². The lowest BCUT2D eigenvalue weighted by Gasteiger charge is -2.08. The number of anilines is 1. The van der Waals surface area contributed by atoms with Gasteiger partial charge in [0.2, 0.25) is 5.95 Å². The molecule has 0 amide bonds. The molecular formula is C12H17N5O3. The molecule has 20 heavy (non-hydrogen) atoms. The first kappa shape index (κ1) is 12.9. The van der Waals surface area contributed by atoms with Crippen LogP contribution in [0.15, 0.2) is 9.59 Å². The number of aryl methyl sites for hydroxylation is 1. The molecule has 1 fully saturated rings. The number of fused-ring (bicyclic) bond motifs is 1. The molecule has 8 nitrogen and oxygen atoms in total. The van der Waals surface area contributed by atoms with E-state index >= 15 is 0 Å². The highest BCUT2D eigenvalue weighted by Crippen LogP contribution is 2.13. The topological polar surface area (TPSA) is 93.9 Å². The maximum absolute atomic E-state index is 12.0. The van der Waals surface area contributed by atoms with Crippen molar-refractivity contribution in [1.82, 2.24) is 19.1 Å². The quantitative estimate of drug-likeness (QED) is 0.793. The number of imidazole rings is 1. The fourth-order valence-corrected chi connectivity index (χ4v) is 2.43. The van der Waals surface area contributed by atoms with E-state index in [1.165, 1.54) is 11.6 Å². The van der Waals surface area contributed by atoms with Gasteiger partial charge in [0.05, 0.1) is 6.10 Å². The molecule has 0 spiro atoms. The molecule has 2 N–H and O–H groups in total. The Balaban J connectivity index is 1.94. The van der Waals surface area contributed by atoms with Gasteiger partial charge in [-0.25, -0.2) is 4.79 Å².